The number of rotatable bonds is 2. The molecule has 1 heterocycles. The minimum absolute atomic E-state index is 0.602. The van der Waals surface area contributed by atoms with Gasteiger partial charge >= 0.3 is 0 Å². The molecule has 0 aromatic carbocycles. The average Bonchev–Trinajstić information content (AvgIpc) is 2.28. The summed E-state index contributed by atoms with van der Waals surface area (Å²) in [5.41, 5.74) is 7.64. The highest BCUT2D eigenvalue weighted by Crippen LogP contribution is 2.14. The molecule has 0 aromatic heterocycles. The van der Waals surface area contributed by atoms with Crippen LogP contribution in [0.2, 0.25) is 0 Å². The highest BCUT2D eigenvalue weighted by atomic mass is 14.9. The molecule has 3 N–H and O–H groups in total. The van der Waals surface area contributed by atoms with Crippen LogP contribution >= 0.6 is 0 Å². The molecule has 0 bridgehead atoms. The van der Waals surface area contributed by atoms with E-state index >= 15 is 0 Å². The molecule has 0 radical (unpaired) electrons. The quantitative estimate of drug-likeness (QED) is 0.709. The maximum Gasteiger partial charge on any atom is 0.0393 e. The first kappa shape index (κ1) is 15.2. The summed E-state index contributed by atoms with van der Waals surface area (Å²) in [6.45, 7) is 8.36. The summed E-state index contributed by atoms with van der Waals surface area (Å²) >= 11 is 0. The Labute approximate surface area is 100 Å². The summed E-state index contributed by atoms with van der Waals surface area (Å²) in [4.78, 5) is 4.28. The Hall–Kier alpha value is -0.830. The summed E-state index contributed by atoms with van der Waals surface area (Å²) in [6.07, 6.45) is 5.60. The molecule has 1 saturated heterocycles. The largest absolute Gasteiger partial charge is 0.402 e. The molecule has 1 aliphatic heterocycles. The van der Waals surface area contributed by atoms with Gasteiger partial charge in [-0.3, -0.25) is 4.99 Å². The van der Waals surface area contributed by atoms with Crippen LogP contribution in [-0.2, 0) is 0 Å². The molecule has 3 nitrogen and oxygen atoms in total. The zero-order valence-electron chi connectivity index (χ0n) is 11.2. The van der Waals surface area contributed by atoms with Gasteiger partial charge in [-0.25, -0.2) is 0 Å². The first-order valence-electron chi connectivity index (χ1n) is 6.26. The molecular formula is C13H27N3. The first-order chi connectivity index (χ1) is 7.65. The fraction of sp³-hybridized carbons (Fsp3) is 0.769. The van der Waals surface area contributed by atoms with Crippen LogP contribution in [0.15, 0.2) is 16.8 Å². The van der Waals surface area contributed by atoms with Crippen molar-refractivity contribution in [3.05, 3.63) is 11.8 Å². The third-order valence-corrected chi connectivity index (χ3v) is 2.39. The molecule has 1 aliphatic rings. The second-order valence-corrected chi connectivity index (χ2v) is 4.27. The van der Waals surface area contributed by atoms with Gasteiger partial charge in [0.1, 0.15) is 0 Å². The van der Waals surface area contributed by atoms with E-state index in [-0.39, 0.29) is 0 Å². The SMILES string of the molecule is CCC.CN=C(/C=C(\C)N)C1CCNCC1. The number of nitrogens with zero attached hydrogens (tertiary/aromatic N) is 1. The van der Waals surface area contributed by atoms with Gasteiger partial charge in [0.15, 0.2) is 0 Å². The number of hydrogen-bond donors (Lipinski definition) is 2. The second kappa shape index (κ2) is 9.40. The normalized spacial score (nSPS) is 19.0. The fourth-order valence-electron chi connectivity index (χ4n) is 1.72. The molecule has 0 spiro atoms. The van der Waals surface area contributed by atoms with Crippen LogP contribution in [0.3, 0.4) is 0 Å². The number of aliphatic imine (C=N–C) groups is 1. The van der Waals surface area contributed by atoms with Crippen molar-refractivity contribution in [1.29, 1.82) is 0 Å². The molecule has 0 aliphatic carbocycles. The van der Waals surface area contributed by atoms with E-state index in [9.17, 15) is 0 Å². The summed E-state index contributed by atoms with van der Waals surface area (Å²) in [5, 5.41) is 3.34. The second-order valence-electron chi connectivity index (χ2n) is 4.27. The molecule has 0 unspecified atom stereocenters. The van der Waals surface area contributed by atoms with E-state index in [0.717, 1.165) is 24.5 Å². The number of nitrogens with one attached hydrogen (secondary N) is 1. The minimum Gasteiger partial charge on any atom is -0.402 e. The van der Waals surface area contributed by atoms with Crippen LogP contribution in [0.4, 0.5) is 0 Å². The molecule has 0 aromatic rings. The van der Waals surface area contributed by atoms with Gasteiger partial charge in [0.05, 0.1) is 0 Å². The van der Waals surface area contributed by atoms with Crippen molar-refractivity contribution in [2.75, 3.05) is 20.1 Å². The van der Waals surface area contributed by atoms with Crippen LogP contribution in [0, 0.1) is 5.92 Å². The van der Waals surface area contributed by atoms with Crippen molar-refractivity contribution in [1.82, 2.24) is 5.32 Å². The van der Waals surface area contributed by atoms with Crippen molar-refractivity contribution in [3.8, 4) is 0 Å². The highest BCUT2D eigenvalue weighted by molar-refractivity contribution is 5.97. The van der Waals surface area contributed by atoms with E-state index in [1.807, 2.05) is 20.0 Å². The fourth-order valence-corrected chi connectivity index (χ4v) is 1.72. The van der Waals surface area contributed by atoms with Gasteiger partial charge in [-0.15, -0.1) is 0 Å². The highest BCUT2D eigenvalue weighted by Gasteiger charge is 2.16. The lowest BCUT2D eigenvalue weighted by Gasteiger charge is -2.22. The topological polar surface area (TPSA) is 50.4 Å². The van der Waals surface area contributed by atoms with Gasteiger partial charge in [-0.2, -0.15) is 0 Å². The van der Waals surface area contributed by atoms with E-state index in [2.05, 4.69) is 24.2 Å². The number of allylic oxidation sites excluding steroid dienone is 2. The van der Waals surface area contributed by atoms with Gasteiger partial charge in [0.25, 0.3) is 0 Å². The Morgan fingerprint density at radius 1 is 1.38 bits per heavy atom. The van der Waals surface area contributed by atoms with E-state index in [0.29, 0.717) is 5.92 Å². The smallest absolute Gasteiger partial charge is 0.0393 e. The Bertz CT molecular complexity index is 221. The van der Waals surface area contributed by atoms with Crippen molar-refractivity contribution in [2.24, 2.45) is 16.6 Å². The Morgan fingerprint density at radius 3 is 2.25 bits per heavy atom. The Kier molecular flexibility index (Phi) is 8.91. The third kappa shape index (κ3) is 6.62. The number of hydrogen-bond acceptors (Lipinski definition) is 3. The van der Waals surface area contributed by atoms with Crippen LogP contribution in [-0.4, -0.2) is 25.8 Å². The molecule has 94 valence electrons. The van der Waals surface area contributed by atoms with Gasteiger partial charge in [-0.1, -0.05) is 20.3 Å². The number of piperidine rings is 1. The monoisotopic (exact) mass is 225 g/mol. The van der Waals surface area contributed by atoms with Crippen molar-refractivity contribution in [2.45, 2.75) is 40.0 Å². The zero-order valence-corrected chi connectivity index (χ0v) is 11.2. The molecular weight excluding hydrogens is 198 g/mol. The molecule has 16 heavy (non-hydrogen) atoms. The van der Waals surface area contributed by atoms with Crippen molar-refractivity contribution >= 4 is 5.71 Å². The van der Waals surface area contributed by atoms with Crippen LogP contribution in [0.1, 0.15) is 40.0 Å². The number of nitrogens with two attached hydrogens (primary N) is 1. The van der Waals surface area contributed by atoms with E-state index in [4.69, 9.17) is 5.73 Å². The lowest BCUT2D eigenvalue weighted by molar-refractivity contribution is 0.457. The summed E-state index contributed by atoms with van der Waals surface area (Å²) in [5.74, 6) is 0.602. The third-order valence-electron chi connectivity index (χ3n) is 2.39. The van der Waals surface area contributed by atoms with E-state index < -0.39 is 0 Å². The standard InChI is InChI=1S/C10H19N3.C3H8/c1-8(11)7-10(12-2)9-3-5-13-6-4-9;1-3-2/h7,9,13H,3-6,11H2,1-2H3;3H2,1-2H3/b8-7+,12-10?;. The Morgan fingerprint density at radius 2 is 1.88 bits per heavy atom. The summed E-state index contributed by atoms with van der Waals surface area (Å²) < 4.78 is 0. The van der Waals surface area contributed by atoms with Gasteiger partial charge < -0.3 is 11.1 Å². The van der Waals surface area contributed by atoms with Crippen molar-refractivity contribution < 1.29 is 0 Å². The minimum atomic E-state index is 0.602. The van der Waals surface area contributed by atoms with Crippen LogP contribution in [0.25, 0.3) is 0 Å². The molecule has 1 fully saturated rings. The average molecular weight is 225 g/mol. The van der Waals surface area contributed by atoms with Crippen molar-refractivity contribution in [3.63, 3.8) is 0 Å². The molecule has 0 amide bonds. The van der Waals surface area contributed by atoms with E-state index in [1.165, 1.54) is 19.3 Å². The lowest BCUT2D eigenvalue weighted by atomic mass is 9.92. The lowest BCUT2D eigenvalue weighted by Crippen LogP contribution is -2.31. The molecule has 0 saturated carbocycles. The molecule has 0 atom stereocenters. The molecule has 3 heteroatoms. The first-order valence-corrected chi connectivity index (χ1v) is 6.26. The maximum atomic E-state index is 5.64. The predicted molar refractivity (Wildman–Crippen MR) is 72.9 cm³/mol. The van der Waals surface area contributed by atoms with Gasteiger partial charge in [0.2, 0.25) is 0 Å². The van der Waals surface area contributed by atoms with Gasteiger partial charge in [0, 0.05) is 24.4 Å². The van der Waals surface area contributed by atoms with E-state index in [1.54, 1.807) is 0 Å². The van der Waals surface area contributed by atoms with Crippen LogP contribution < -0.4 is 11.1 Å². The maximum absolute atomic E-state index is 5.64. The summed E-state index contributed by atoms with van der Waals surface area (Å²) in [6, 6.07) is 0. The predicted octanol–water partition coefficient (Wildman–Crippen LogP) is 2.34. The van der Waals surface area contributed by atoms with Gasteiger partial charge in [-0.05, 0) is 38.9 Å². The zero-order chi connectivity index (χ0) is 12.4. The summed E-state index contributed by atoms with van der Waals surface area (Å²) in [7, 11) is 1.84. The Balaban J connectivity index is 0.000000673. The van der Waals surface area contributed by atoms with Crippen LogP contribution in [0.5, 0.6) is 0 Å². The molecule has 1 rings (SSSR count).